The summed E-state index contributed by atoms with van der Waals surface area (Å²) in [6.07, 6.45) is -0.685. The number of benzene rings is 1. The quantitative estimate of drug-likeness (QED) is 0.906. The summed E-state index contributed by atoms with van der Waals surface area (Å²) in [5.41, 5.74) is 0.590. The fourth-order valence-electron chi connectivity index (χ4n) is 1.56. The topological polar surface area (TPSA) is 29.5 Å². The van der Waals surface area contributed by atoms with E-state index in [-0.39, 0.29) is 5.82 Å². The van der Waals surface area contributed by atoms with Crippen molar-refractivity contribution in [3.63, 3.8) is 0 Å². The molecule has 0 fully saturated rings. The Labute approximate surface area is 117 Å². The van der Waals surface area contributed by atoms with Gasteiger partial charge in [-0.2, -0.15) is 0 Å². The van der Waals surface area contributed by atoms with Gasteiger partial charge < -0.3 is 9.84 Å². The fourth-order valence-corrected chi connectivity index (χ4v) is 2.92. The Hall–Kier alpha value is -0.910. The summed E-state index contributed by atoms with van der Waals surface area (Å²) in [5.74, 6) is 0.0104. The van der Waals surface area contributed by atoms with E-state index in [1.807, 2.05) is 11.4 Å². The second-order valence-corrected chi connectivity index (χ2v) is 5.79. The molecule has 1 aromatic carbocycles. The van der Waals surface area contributed by atoms with E-state index in [9.17, 15) is 9.50 Å². The van der Waals surface area contributed by atoms with Gasteiger partial charge in [0.05, 0.1) is 6.10 Å². The molecule has 1 atom stereocenters. The highest BCUT2D eigenvalue weighted by Gasteiger charge is 2.11. The Balaban J connectivity index is 2.15. The maximum absolute atomic E-state index is 13.2. The molecule has 0 saturated carbocycles. The smallest absolute Gasteiger partial charge is 0.128 e. The van der Waals surface area contributed by atoms with Crippen LogP contribution in [0.1, 0.15) is 23.5 Å². The SMILES string of the molecule is C[C@H](O)c1ccc(F)cc1OCc1cc(Br)cs1. The van der Waals surface area contributed by atoms with Gasteiger partial charge >= 0.3 is 0 Å². The first kappa shape index (κ1) is 13.5. The highest BCUT2D eigenvalue weighted by Crippen LogP contribution is 2.28. The Morgan fingerprint density at radius 1 is 1.44 bits per heavy atom. The Kier molecular flexibility index (Phi) is 4.37. The van der Waals surface area contributed by atoms with Crippen LogP contribution in [0.5, 0.6) is 5.75 Å². The van der Waals surface area contributed by atoms with Crippen molar-refractivity contribution in [3.8, 4) is 5.75 Å². The Bertz CT molecular complexity index is 540. The lowest BCUT2D eigenvalue weighted by atomic mass is 10.1. The van der Waals surface area contributed by atoms with E-state index < -0.39 is 6.10 Å². The van der Waals surface area contributed by atoms with Gasteiger partial charge in [-0.1, -0.05) is 0 Å². The minimum atomic E-state index is -0.685. The first-order valence-corrected chi connectivity index (χ1v) is 7.07. The first-order chi connectivity index (χ1) is 8.56. The van der Waals surface area contributed by atoms with E-state index in [1.165, 1.54) is 12.1 Å². The average Bonchev–Trinajstić information content (AvgIpc) is 2.72. The maximum atomic E-state index is 13.2. The van der Waals surface area contributed by atoms with Crippen LogP contribution in [0.4, 0.5) is 4.39 Å². The molecular formula is C13H12BrFO2S. The van der Waals surface area contributed by atoms with Gasteiger partial charge in [-0.05, 0) is 41.1 Å². The molecule has 0 aliphatic carbocycles. The van der Waals surface area contributed by atoms with Gasteiger partial charge in [-0.3, -0.25) is 0 Å². The third-order valence-electron chi connectivity index (χ3n) is 2.42. The molecule has 2 rings (SSSR count). The number of rotatable bonds is 4. The molecule has 1 aromatic heterocycles. The van der Waals surface area contributed by atoms with Gasteiger partial charge in [-0.25, -0.2) is 4.39 Å². The molecule has 1 heterocycles. The molecule has 0 unspecified atom stereocenters. The number of aliphatic hydroxyl groups is 1. The van der Waals surface area contributed by atoms with Crippen molar-refractivity contribution in [2.75, 3.05) is 0 Å². The number of ether oxygens (including phenoxy) is 1. The molecule has 5 heteroatoms. The van der Waals surface area contributed by atoms with Crippen LogP contribution in [0, 0.1) is 5.82 Å². The minimum absolute atomic E-state index is 0.361. The van der Waals surface area contributed by atoms with E-state index in [1.54, 1.807) is 24.3 Å². The van der Waals surface area contributed by atoms with Gasteiger partial charge in [0.2, 0.25) is 0 Å². The predicted molar refractivity (Wildman–Crippen MR) is 73.4 cm³/mol. The third kappa shape index (κ3) is 3.31. The summed E-state index contributed by atoms with van der Waals surface area (Å²) < 4.78 is 19.7. The fraction of sp³-hybridized carbons (Fsp3) is 0.231. The highest BCUT2D eigenvalue weighted by molar-refractivity contribution is 9.10. The van der Waals surface area contributed by atoms with Gasteiger partial charge in [0.25, 0.3) is 0 Å². The lowest BCUT2D eigenvalue weighted by molar-refractivity contribution is 0.190. The zero-order valence-electron chi connectivity index (χ0n) is 9.69. The minimum Gasteiger partial charge on any atom is -0.488 e. The number of halogens is 2. The highest BCUT2D eigenvalue weighted by atomic mass is 79.9. The molecule has 0 radical (unpaired) electrons. The van der Waals surface area contributed by atoms with E-state index >= 15 is 0 Å². The van der Waals surface area contributed by atoms with Crippen LogP contribution in [0.2, 0.25) is 0 Å². The standard InChI is InChI=1S/C13H12BrFO2S/c1-8(16)12-3-2-10(15)5-13(12)17-6-11-4-9(14)7-18-11/h2-5,7-8,16H,6H2,1H3/t8-/m0/s1. The van der Waals surface area contributed by atoms with Crippen LogP contribution in [-0.2, 0) is 6.61 Å². The summed E-state index contributed by atoms with van der Waals surface area (Å²) in [6.45, 7) is 1.99. The van der Waals surface area contributed by atoms with Crippen LogP contribution in [0.25, 0.3) is 0 Å². The van der Waals surface area contributed by atoms with Gasteiger partial charge in [-0.15, -0.1) is 11.3 Å². The molecule has 2 aromatic rings. The predicted octanol–water partition coefficient (Wildman–Crippen LogP) is 4.28. The first-order valence-electron chi connectivity index (χ1n) is 5.39. The number of aliphatic hydroxyl groups excluding tert-OH is 1. The molecule has 0 spiro atoms. The Morgan fingerprint density at radius 2 is 2.22 bits per heavy atom. The van der Waals surface area contributed by atoms with Crippen molar-refractivity contribution >= 4 is 27.3 Å². The van der Waals surface area contributed by atoms with Crippen molar-refractivity contribution in [1.82, 2.24) is 0 Å². The molecule has 96 valence electrons. The zero-order chi connectivity index (χ0) is 13.1. The second-order valence-electron chi connectivity index (χ2n) is 3.88. The lowest BCUT2D eigenvalue weighted by Gasteiger charge is -2.12. The van der Waals surface area contributed by atoms with E-state index in [0.29, 0.717) is 17.9 Å². The molecule has 0 aliphatic rings. The van der Waals surface area contributed by atoms with E-state index in [0.717, 1.165) is 9.35 Å². The normalized spacial score (nSPS) is 12.4. The monoisotopic (exact) mass is 330 g/mol. The van der Waals surface area contributed by atoms with Gasteiger partial charge in [0.1, 0.15) is 18.2 Å². The van der Waals surface area contributed by atoms with Crippen molar-refractivity contribution in [1.29, 1.82) is 0 Å². The molecular weight excluding hydrogens is 319 g/mol. The van der Waals surface area contributed by atoms with Gasteiger partial charge in [0, 0.05) is 26.4 Å². The van der Waals surface area contributed by atoms with E-state index in [4.69, 9.17) is 4.74 Å². The molecule has 0 amide bonds. The summed E-state index contributed by atoms with van der Waals surface area (Å²) in [4.78, 5) is 1.03. The van der Waals surface area contributed by atoms with Crippen molar-refractivity contribution in [3.05, 3.63) is 50.4 Å². The van der Waals surface area contributed by atoms with Gasteiger partial charge in [0.15, 0.2) is 0 Å². The zero-order valence-corrected chi connectivity index (χ0v) is 12.1. The third-order valence-corrected chi connectivity index (χ3v) is 4.09. The van der Waals surface area contributed by atoms with E-state index in [2.05, 4.69) is 15.9 Å². The second kappa shape index (κ2) is 5.82. The number of thiophene rings is 1. The molecule has 0 aliphatic heterocycles. The average molecular weight is 331 g/mol. The van der Waals surface area contributed by atoms with Crippen LogP contribution < -0.4 is 4.74 Å². The number of hydrogen-bond acceptors (Lipinski definition) is 3. The Morgan fingerprint density at radius 3 is 2.83 bits per heavy atom. The van der Waals surface area contributed by atoms with Crippen molar-refractivity contribution < 1.29 is 14.2 Å². The summed E-state index contributed by atoms with van der Waals surface area (Å²) in [5, 5.41) is 11.5. The van der Waals surface area contributed by atoms with Crippen LogP contribution >= 0.6 is 27.3 Å². The maximum Gasteiger partial charge on any atom is 0.128 e. The van der Waals surface area contributed by atoms with Crippen molar-refractivity contribution in [2.45, 2.75) is 19.6 Å². The summed E-state index contributed by atoms with van der Waals surface area (Å²) in [6, 6.07) is 6.10. The van der Waals surface area contributed by atoms with Crippen molar-refractivity contribution in [2.24, 2.45) is 0 Å². The molecule has 0 bridgehead atoms. The van der Waals surface area contributed by atoms with Crippen LogP contribution in [0.15, 0.2) is 34.1 Å². The lowest BCUT2D eigenvalue weighted by Crippen LogP contribution is -2.00. The molecule has 2 nitrogen and oxygen atoms in total. The van der Waals surface area contributed by atoms with Crippen LogP contribution in [-0.4, -0.2) is 5.11 Å². The number of hydrogen-bond donors (Lipinski definition) is 1. The summed E-state index contributed by atoms with van der Waals surface area (Å²) in [7, 11) is 0. The molecule has 18 heavy (non-hydrogen) atoms. The molecule has 0 saturated heterocycles. The molecule has 1 N–H and O–H groups in total. The largest absolute Gasteiger partial charge is 0.488 e. The van der Waals surface area contributed by atoms with Crippen LogP contribution in [0.3, 0.4) is 0 Å². The summed E-state index contributed by atoms with van der Waals surface area (Å²) >= 11 is 4.92.